The van der Waals surface area contributed by atoms with E-state index in [4.69, 9.17) is 14.2 Å². The van der Waals surface area contributed by atoms with Crippen LogP contribution in [0.2, 0.25) is 0 Å². The van der Waals surface area contributed by atoms with Crippen molar-refractivity contribution in [1.29, 1.82) is 0 Å². The molecule has 2 atom stereocenters. The van der Waals surface area contributed by atoms with E-state index in [1.54, 1.807) is 0 Å². The fourth-order valence-electron chi connectivity index (χ4n) is 3.22. The average Bonchev–Trinajstić information content (AvgIpc) is 2.70. The van der Waals surface area contributed by atoms with Gasteiger partial charge in [-0.15, -0.1) is 0 Å². The van der Waals surface area contributed by atoms with Gasteiger partial charge >= 0.3 is 0 Å². The van der Waals surface area contributed by atoms with Crippen LogP contribution in [0, 0.1) is 11.8 Å². The third kappa shape index (κ3) is 4.60. The fourth-order valence-corrected chi connectivity index (χ4v) is 3.22. The summed E-state index contributed by atoms with van der Waals surface area (Å²) in [6.45, 7) is 0. The van der Waals surface area contributed by atoms with Crippen molar-refractivity contribution in [2.45, 2.75) is 25.7 Å². The monoisotopic (exact) mass is 379 g/mol. The Labute approximate surface area is 156 Å². The molecule has 27 heavy (non-hydrogen) atoms. The Morgan fingerprint density at radius 3 is 1.96 bits per heavy atom. The molecule has 1 aromatic carbocycles. The zero-order valence-corrected chi connectivity index (χ0v) is 15.5. The largest absolute Gasteiger partial charge is 0.550 e. The Hall–Kier alpha value is -2.97. The topological polar surface area (TPSA) is 126 Å². The summed E-state index contributed by atoms with van der Waals surface area (Å²) >= 11 is 0. The van der Waals surface area contributed by atoms with Gasteiger partial charge in [0, 0.05) is 23.4 Å². The Morgan fingerprint density at radius 2 is 1.48 bits per heavy atom. The molecule has 1 aliphatic carbocycles. The number of hydrogen-bond acceptors (Lipinski definition) is 7. The third-order valence-corrected chi connectivity index (χ3v) is 4.63. The maximum atomic E-state index is 12.4. The first-order chi connectivity index (χ1) is 12.9. The summed E-state index contributed by atoms with van der Waals surface area (Å²) in [6.07, 6.45) is 2.31. The summed E-state index contributed by atoms with van der Waals surface area (Å²) in [5.74, 6) is -3.07. The SMILES string of the molecule is COc1cc(C(=O)NNC(=O)[C@@H]2CCCC[C@H]2C(=O)[O-])cc(OC)c1OC. The highest BCUT2D eigenvalue weighted by Crippen LogP contribution is 2.38. The summed E-state index contributed by atoms with van der Waals surface area (Å²) in [7, 11) is 4.28. The molecular weight excluding hydrogens is 356 g/mol. The van der Waals surface area contributed by atoms with Gasteiger partial charge in [-0.1, -0.05) is 12.8 Å². The number of ether oxygens (including phenoxy) is 3. The Morgan fingerprint density at radius 1 is 0.926 bits per heavy atom. The van der Waals surface area contributed by atoms with Crippen LogP contribution in [0.4, 0.5) is 0 Å². The second-order valence-corrected chi connectivity index (χ2v) is 6.17. The zero-order chi connectivity index (χ0) is 20.0. The normalized spacial score (nSPS) is 18.9. The first-order valence-electron chi connectivity index (χ1n) is 8.54. The van der Waals surface area contributed by atoms with Gasteiger partial charge in [0.15, 0.2) is 11.5 Å². The van der Waals surface area contributed by atoms with Crippen molar-refractivity contribution in [3.63, 3.8) is 0 Å². The number of carbonyl (C=O) groups excluding carboxylic acids is 3. The molecule has 148 valence electrons. The minimum atomic E-state index is -1.24. The second-order valence-electron chi connectivity index (χ2n) is 6.17. The van der Waals surface area contributed by atoms with Gasteiger partial charge < -0.3 is 24.1 Å². The Balaban J connectivity index is 2.09. The standard InChI is InChI=1S/C18H24N2O7/c1-25-13-8-10(9-14(26-2)15(13)27-3)16(21)19-20-17(22)11-6-4-5-7-12(11)18(23)24/h8-9,11-12H,4-7H2,1-3H3,(H,19,21)(H,20,22)(H,23,24)/p-1/t11-,12-/m1/s1. The van der Waals surface area contributed by atoms with Crippen LogP contribution in [0.15, 0.2) is 12.1 Å². The molecule has 9 heteroatoms. The first-order valence-corrected chi connectivity index (χ1v) is 8.54. The second kappa shape index (κ2) is 9.11. The number of rotatable bonds is 6. The van der Waals surface area contributed by atoms with Crippen LogP contribution in [0.5, 0.6) is 17.2 Å². The number of hydrogen-bond donors (Lipinski definition) is 2. The summed E-state index contributed by atoms with van der Waals surface area (Å²) in [5, 5.41) is 11.2. The number of aliphatic carboxylic acids is 1. The molecule has 1 aliphatic rings. The minimum Gasteiger partial charge on any atom is -0.550 e. The van der Waals surface area contributed by atoms with Gasteiger partial charge in [-0.3, -0.25) is 20.4 Å². The molecule has 0 spiro atoms. The number of carboxylic acid groups (broad SMARTS) is 1. The highest BCUT2D eigenvalue weighted by molar-refractivity contribution is 5.97. The number of benzene rings is 1. The van der Waals surface area contributed by atoms with E-state index in [-0.39, 0.29) is 17.1 Å². The molecule has 0 radical (unpaired) electrons. The number of amides is 2. The number of nitrogens with one attached hydrogen (secondary N) is 2. The number of carboxylic acids is 1. The fraction of sp³-hybridized carbons (Fsp3) is 0.500. The van der Waals surface area contributed by atoms with Gasteiger partial charge in [0.25, 0.3) is 5.91 Å². The number of methoxy groups -OCH3 is 3. The van der Waals surface area contributed by atoms with Gasteiger partial charge in [0.05, 0.1) is 21.3 Å². The van der Waals surface area contributed by atoms with Crippen LogP contribution < -0.4 is 30.2 Å². The summed E-state index contributed by atoms with van der Waals surface area (Å²) in [6, 6.07) is 2.88. The van der Waals surface area contributed by atoms with Crippen molar-refractivity contribution in [2.75, 3.05) is 21.3 Å². The van der Waals surface area contributed by atoms with Crippen LogP contribution in [0.1, 0.15) is 36.0 Å². The molecule has 2 N–H and O–H groups in total. The minimum absolute atomic E-state index is 0.171. The van der Waals surface area contributed by atoms with Gasteiger partial charge in [-0.2, -0.15) is 0 Å². The quantitative estimate of drug-likeness (QED) is 0.668. The lowest BCUT2D eigenvalue weighted by atomic mass is 9.79. The first kappa shape index (κ1) is 20.3. The molecule has 0 bridgehead atoms. The molecule has 1 fully saturated rings. The van der Waals surface area contributed by atoms with Crippen molar-refractivity contribution in [3.8, 4) is 17.2 Å². The number of hydrazine groups is 1. The third-order valence-electron chi connectivity index (χ3n) is 4.63. The molecule has 1 aromatic rings. The predicted octanol–water partition coefficient (Wildman–Crippen LogP) is 0.0297. The highest BCUT2D eigenvalue weighted by atomic mass is 16.5. The molecular formula is C18H23N2O7-. The van der Waals surface area contributed by atoms with Crippen molar-refractivity contribution in [1.82, 2.24) is 10.9 Å². The van der Waals surface area contributed by atoms with Crippen molar-refractivity contribution < 1.29 is 33.7 Å². The molecule has 0 unspecified atom stereocenters. The molecule has 1 saturated carbocycles. The van der Waals surface area contributed by atoms with Crippen molar-refractivity contribution in [3.05, 3.63) is 17.7 Å². The maximum absolute atomic E-state index is 12.4. The van der Waals surface area contributed by atoms with Crippen molar-refractivity contribution >= 4 is 17.8 Å². The molecule has 0 aliphatic heterocycles. The predicted molar refractivity (Wildman–Crippen MR) is 92.2 cm³/mol. The van der Waals surface area contributed by atoms with Crippen LogP contribution in [-0.4, -0.2) is 39.1 Å². The number of carbonyl (C=O) groups is 3. The highest BCUT2D eigenvalue weighted by Gasteiger charge is 2.32. The van der Waals surface area contributed by atoms with Crippen LogP contribution >= 0.6 is 0 Å². The van der Waals surface area contributed by atoms with Gasteiger partial charge in [-0.05, 0) is 25.0 Å². The Bertz CT molecular complexity index is 695. The summed E-state index contributed by atoms with van der Waals surface area (Å²) in [5.41, 5.74) is 4.76. The molecule has 2 amide bonds. The lowest BCUT2D eigenvalue weighted by molar-refractivity contribution is -0.314. The van der Waals surface area contributed by atoms with E-state index in [2.05, 4.69) is 10.9 Å². The van der Waals surface area contributed by atoms with E-state index in [1.807, 2.05) is 0 Å². The van der Waals surface area contributed by atoms with Crippen molar-refractivity contribution in [2.24, 2.45) is 11.8 Å². The smallest absolute Gasteiger partial charge is 0.269 e. The summed E-state index contributed by atoms with van der Waals surface area (Å²) in [4.78, 5) is 35.9. The van der Waals surface area contributed by atoms with Crippen LogP contribution in [0.25, 0.3) is 0 Å². The van der Waals surface area contributed by atoms with Gasteiger partial charge in [0.2, 0.25) is 11.7 Å². The molecule has 0 heterocycles. The average molecular weight is 379 g/mol. The zero-order valence-electron chi connectivity index (χ0n) is 15.5. The summed E-state index contributed by atoms with van der Waals surface area (Å²) < 4.78 is 15.6. The molecule has 0 aromatic heterocycles. The van der Waals surface area contributed by atoms with E-state index in [1.165, 1.54) is 33.5 Å². The van der Waals surface area contributed by atoms with E-state index in [0.717, 1.165) is 12.8 Å². The Kier molecular flexibility index (Phi) is 6.86. The maximum Gasteiger partial charge on any atom is 0.269 e. The lowest BCUT2D eigenvalue weighted by Gasteiger charge is -2.31. The van der Waals surface area contributed by atoms with E-state index >= 15 is 0 Å². The lowest BCUT2D eigenvalue weighted by Crippen LogP contribution is -2.49. The van der Waals surface area contributed by atoms with Gasteiger partial charge in [0.1, 0.15) is 0 Å². The van der Waals surface area contributed by atoms with Gasteiger partial charge in [-0.25, -0.2) is 0 Å². The van der Waals surface area contributed by atoms with E-state index in [0.29, 0.717) is 18.6 Å². The van der Waals surface area contributed by atoms with E-state index in [9.17, 15) is 19.5 Å². The molecule has 9 nitrogen and oxygen atoms in total. The molecule has 0 saturated heterocycles. The van der Waals surface area contributed by atoms with Crippen LogP contribution in [0.3, 0.4) is 0 Å². The van der Waals surface area contributed by atoms with Crippen LogP contribution in [-0.2, 0) is 9.59 Å². The van der Waals surface area contributed by atoms with E-state index < -0.39 is 29.6 Å². The molecule has 2 rings (SSSR count).